The van der Waals surface area contributed by atoms with Crippen molar-refractivity contribution >= 4 is 43.0 Å². The highest BCUT2D eigenvalue weighted by molar-refractivity contribution is 7.92. The molecule has 0 aromatic heterocycles. The topological polar surface area (TPSA) is 147 Å². The summed E-state index contributed by atoms with van der Waals surface area (Å²) >= 11 is 0. The number of carbonyl (C=O) groups is 1. The summed E-state index contributed by atoms with van der Waals surface area (Å²) in [6.45, 7) is 9.85. The van der Waals surface area contributed by atoms with Crippen LogP contribution < -0.4 is 20.5 Å². The van der Waals surface area contributed by atoms with Crippen molar-refractivity contribution in [1.29, 1.82) is 0 Å². The van der Waals surface area contributed by atoms with Crippen LogP contribution in [0, 0.1) is 27.7 Å². The molecule has 11 heteroatoms. The molecule has 204 valence electrons. The number of benzene rings is 3. The normalized spacial score (nSPS) is 11.7. The largest absolute Gasteiger partial charge is 0.383 e. The molecule has 0 aliphatic rings. The number of unbranched alkanes of at least 4 members (excludes halogenated alkanes) is 1. The second-order valence-corrected chi connectivity index (χ2v) is 12.4. The van der Waals surface area contributed by atoms with Gasteiger partial charge in [-0.05, 0) is 86.7 Å². The summed E-state index contributed by atoms with van der Waals surface area (Å²) in [5.74, 6) is -0.623. The van der Waals surface area contributed by atoms with E-state index in [-0.39, 0.29) is 26.7 Å². The maximum atomic E-state index is 13.5. The fourth-order valence-corrected chi connectivity index (χ4v) is 6.33. The molecule has 1 amide bonds. The van der Waals surface area contributed by atoms with Crippen molar-refractivity contribution in [1.82, 2.24) is 0 Å². The Labute approximate surface area is 225 Å². The third-order valence-electron chi connectivity index (χ3n) is 6.40. The summed E-state index contributed by atoms with van der Waals surface area (Å²) in [5.41, 5.74) is 3.82. The number of aryl methyl sites for hydroxylation is 2. The lowest BCUT2D eigenvalue weighted by Gasteiger charge is -2.19. The monoisotopic (exact) mass is 558 g/mol. The Morgan fingerprint density at radius 1 is 0.842 bits per heavy atom. The van der Waals surface area contributed by atoms with Gasteiger partial charge in [-0.3, -0.25) is 9.52 Å². The minimum Gasteiger partial charge on any atom is -0.383 e. The Bertz CT molecular complexity index is 1560. The molecule has 0 heterocycles. The quantitative estimate of drug-likeness (QED) is 0.262. The zero-order chi connectivity index (χ0) is 28.3. The van der Waals surface area contributed by atoms with E-state index in [0.717, 1.165) is 24.0 Å². The van der Waals surface area contributed by atoms with Gasteiger partial charge in [0.2, 0.25) is 10.0 Å². The van der Waals surface area contributed by atoms with Crippen LogP contribution >= 0.6 is 0 Å². The van der Waals surface area contributed by atoms with Crippen LogP contribution in [-0.2, 0) is 20.0 Å². The van der Waals surface area contributed by atoms with Crippen LogP contribution in [0.15, 0.2) is 58.3 Å². The Morgan fingerprint density at radius 2 is 1.47 bits per heavy atom. The molecule has 0 atom stereocenters. The first-order valence-electron chi connectivity index (χ1n) is 12.2. The minimum absolute atomic E-state index is 0.0660. The second-order valence-electron chi connectivity index (χ2n) is 9.23. The van der Waals surface area contributed by atoms with Crippen LogP contribution in [0.2, 0.25) is 0 Å². The minimum atomic E-state index is -4.04. The van der Waals surface area contributed by atoms with Gasteiger partial charge in [-0.2, -0.15) is 0 Å². The molecule has 3 aromatic carbocycles. The van der Waals surface area contributed by atoms with E-state index >= 15 is 0 Å². The first kappa shape index (κ1) is 29.2. The van der Waals surface area contributed by atoms with Crippen LogP contribution in [0.3, 0.4) is 0 Å². The second kappa shape index (κ2) is 11.5. The van der Waals surface area contributed by atoms with Gasteiger partial charge in [0.25, 0.3) is 15.9 Å². The van der Waals surface area contributed by atoms with Crippen molar-refractivity contribution in [3.63, 3.8) is 0 Å². The van der Waals surface area contributed by atoms with Gasteiger partial charge < -0.3 is 10.6 Å². The smallest absolute Gasteiger partial charge is 0.262 e. The van der Waals surface area contributed by atoms with E-state index in [1.807, 2.05) is 26.8 Å². The number of primary sulfonamides is 1. The predicted molar refractivity (Wildman–Crippen MR) is 152 cm³/mol. The number of para-hydroxylation sites is 1. The maximum Gasteiger partial charge on any atom is 0.262 e. The SMILES string of the molecule is CCCCNc1ccc(S(N)(=O)=O)cc1NC(=O)c1ccccc1NS(=O)(=O)c1c(C)c(C)cc(C)c1C. The summed E-state index contributed by atoms with van der Waals surface area (Å²) in [6.07, 6.45) is 1.81. The first-order valence-corrected chi connectivity index (χ1v) is 15.2. The van der Waals surface area contributed by atoms with Crippen molar-refractivity contribution in [3.8, 4) is 0 Å². The lowest BCUT2D eigenvalue weighted by molar-refractivity contribution is 0.102. The molecule has 0 saturated carbocycles. The number of anilines is 3. The van der Waals surface area contributed by atoms with Crippen molar-refractivity contribution in [2.24, 2.45) is 5.14 Å². The Hall–Kier alpha value is -3.41. The Balaban J connectivity index is 2.00. The maximum absolute atomic E-state index is 13.5. The number of rotatable bonds is 10. The number of nitrogens with two attached hydrogens (primary N) is 1. The zero-order valence-electron chi connectivity index (χ0n) is 22.2. The van der Waals surface area contributed by atoms with Gasteiger partial charge >= 0.3 is 0 Å². The third kappa shape index (κ3) is 6.53. The number of hydrogen-bond donors (Lipinski definition) is 4. The van der Waals surface area contributed by atoms with E-state index in [1.165, 1.54) is 30.3 Å². The lowest BCUT2D eigenvalue weighted by atomic mass is 10.0. The summed E-state index contributed by atoms with van der Waals surface area (Å²) in [5, 5.41) is 11.2. The fourth-order valence-electron chi connectivity index (χ4n) is 4.10. The number of sulfonamides is 2. The standard InChI is InChI=1S/C27H34N4O5S2/c1-6-7-14-29-24-13-12-21(37(28,33)34)16-25(24)30-27(32)22-10-8-9-11-23(22)31-38(35,36)26-19(4)17(2)15-18(3)20(26)5/h8-13,15-16,29,31H,6-7,14H2,1-5H3,(H,30,32)(H2,28,33,34). The highest BCUT2D eigenvalue weighted by Crippen LogP contribution is 2.30. The molecule has 38 heavy (non-hydrogen) atoms. The summed E-state index contributed by atoms with van der Waals surface area (Å²) in [4.78, 5) is 13.4. The fraction of sp³-hybridized carbons (Fsp3) is 0.296. The van der Waals surface area contributed by atoms with Crippen molar-refractivity contribution < 1.29 is 21.6 Å². The van der Waals surface area contributed by atoms with E-state index in [2.05, 4.69) is 15.4 Å². The molecule has 0 radical (unpaired) electrons. The van der Waals surface area contributed by atoms with Gasteiger partial charge in [0, 0.05) is 6.54 Å². The molecule has 3 aromatic rings. The van der Waals surface area contributed by atoms with Crippen LogP contribution in [-0.4, -0.2) is 29.3 Å². The molecule has 0 unspecified atom stereocenters. The molecule has 9 nitrogen and oxygen atoms in total. The molecular weight excluding hydrogens is 524 g/mol. The molecule has 0 fully saturated rings. The third-order valence-corrected chi connectivity index (χ3v) is 8.94. The number of nitrogens with one attached hydrogen (secondary N) is 3. The van der Waals surface area contributed by atoms with E-state index in [4.69, 9.17) is 5.14 Å². The molecule has 0 saturated heterocycles. The average molecular weight is 559 g/mol. The molecule has 0 spiro atoms. The Morgan fingerprint density at radius 3 is 2.08 bits per heavy atom. The Kier molecular flexibility index (Phi) is 8.86. The molecule has 5 N–H and O–H groups in total. The van der Waals surface area contributed by atoms with Crippen LogP contribution in [0.1, 0.15) is 52.4 Å². The summed E-state index contributed by atoms with van der Waals surface area (Å²) in [6, 6.07) is 12.3. The molecule has 3 rings (SSSR count). The zero-order valence-corrected chi connectivity index (χ0v) is 23.8. The van der Waals surface area contributed by atoms with Gasteiger partial charge in [0.15, 0.2) is 0 Å². The van der Waals surface area contributed by atoms with Gasteiger partial charge in [0.05, 0.1) is 32.4 Å². The van der Waals surface area contributed by atoms with E-state index in [0.29, 0.717) is 23.4 Å². The van der Waals surface area contributed by atoms with Gasteiger partial charge in [-0.25, -0.2) is 22.0 Å². The highest BCUT2D eigenvalue weighted by Gasteiger charge is 2.24. The summed E-state index contributed by atoms with van der Waals surface area (Å²) < 4.78 is 53.4. The van der Waals surface area contributed by atoms with E-state index < -0.39 is 26.0 Å². The van der Waals surface area contributed by atoms with Gasteiger partial charge in [-0.15, -0.1) is 0 Å². The van der Waals surface area contributed by atoms with Crippen molar-refractivity contribution in [3.05, 3.63) is 76.3 Å². The van der Waals surface area contributed by atoms with Crippen molar-refractivity contribution in [2.75, 3.05) is 21.9 Å². The number of hydrogen-bond acceptors (Lipinski definition) is 6. The molecule has 0 aliphatic heterocycles. The van der Waals surface area contributed by atoms with E-state index in [1.54, 1.807) is 26.0 Å². The average Bonchev–Trinajstić information content (AvgIpc) is 2.83. The number of carbonyl (C=O) groups excluding carboxylic acids is 1. The van der Waals surface area contributed by atoms with Gasteiger partial charge in [-0.1, -0.05) is 31.5 Å². The predicted octanol–water partition coefficient (Wildman–Crippen LogP) is 4.83. The highest BCUT2D eigenvalue weighted by atomic mass is 32.2. The molecule has 0 aliphatic carbocycles. The number of amides is 1. The van der Waals surface area contributed by atoms with Crippen LogP contribution in [0.25, 0.3) is 0 Å². The summed E-state index contributed by atoms with van der Waals surface area (Å²) in [7, 11) is -8.05. The lowest BCUT2D eigenvalue weighted by Crippen LogP contribution is -2.21. The molecular formula is C27H34N4O5S2. The van der Waals surface area contributed by atoms with Crippen LogP contribution in [0.5, 0.6) is 0 Å². The van der Waals surface area contributed by atoms with Crippen molar-refractivity contribution in [2.45, 2.75) is 57.3 Å². The first-order chi connectivity index (χ1) is 17.8. The van der Waals surface area contributed by atoms with E-state index in [9.17, 15) is 21.6 Å². The van der Waals surface area contributed by atoms with Crippen LogP contribution in [0.4, 0.5) is 17.1 Å². The van der Waals surface area contributed by atoms with Gasteiger partial charge in [0.1, 0.15) is 0 Å². The molecule has 0 bridgehead atoms.